The van der Waals surface area contributed by atoms with Crippen LogP contribution in [0.4, 0.5) is 5.69 Å². The number of imide groups is 1. The van der Waals surface area contributed by atoms with Crippen molar-refractivity contribution in [3.05, 3.63) is 24.3 Å². The highest BCUT2D eigenvalue weighted by molar-refractivity contribution is 8.04. The molecule has 0 aliphatic rings. The molecule has 206 valence electrons. The van der Waals surface area contributed by atoms with E-state index in [9.17, 15) is 26.4 Å². The normalized spacial score (nSPS) is 12.0. The average Bonchev–Trinajstić information content (AvgIpc) is 2.78. The number of benzene rings is 1. The first kappa shape index (κ1) is 32.2. The van der Waals surface area contributed by atoms with Gasteiger partial charge >= 0.3 is 0 Å². The largest absolute Gasteiger partial charge is 0.274 e. The van der Waals surface area contributed by atoms with Crippen LogP contribution in [0.3, 0.4) is 0 Å². The zero-order valence-corrected chi connectivity index (χ0v) is 23.8. The van der Waals surface area contributed by atoms with E-state index in [1.807, 2.05) is 0 Å². The topological polar surface area (TPSA) is 118 Å². The van der Waals surface area contributed by atoms with E-state index in [-0.39, 0.29) is 16.3 Å². The van der Waals surface area contributed by atoms with Crippen LogP contribution in [0.15, 0.2) is 29.2 Å². The van der Waals surface area contributed by atoms with Crippen LogP contribution in [0.5, 0.6) is 0 Å². The third-order valence-electron chi connectivity index (χ3n) is 6.04. The summed E-state index contributed by atoms with van der Waals surface area (Å²) in [4.78, 5) is 23.9. The van der Waals surface area contributed by atoms with Gasteiger partial charge in [0, 0.05) is 13.8 Å². The van der Waals surface area contributed by atoms with Gasteiger partial charge in [0.2, 0.25) is 21.8 Å². The maximum atomic E-state index is 12.5. The second kappa shape index (κ2) is 16.9. The van der Waals surface area contributed by atoms with Crippen LogP contribution in [0, 0.1) is 0 Å². The number of rotatable bonds is 19. The van der Waals surface area contributed by atoms with Gasteiger partial charge in [-0.25, -0.2) is 16.8 Å². The Balaban J connectivity index is 2.32. The predicted molar refractivity (Wildman–Crippen MR) is 145 cm³/mol. The van der Waals surface area contributed by atoms with Crippen LogP contribution in [-0.2, 0) is 29.6 Å². The Morgan fingerprint density at radius 2 is 1.06 bits per heavy atom. The predicted octanol–water partition coefficient (Wildman–Crippen LogP) is 5.68. The molecule has 10 heteroatoms. The van der Waals surface area contributed by atoms with E-state index in [1.54, 1.807) is 4.13 Å². The molecular formula is C26H44N2O6S2. The smallest absolute Gasteiger partial charge is 0.253 e. The average molecular weight is 545 g/mol. The van der Waals surface area contributed by atoms with E-state index in [2.05, 4.69) is 6.92 Å². The standard InChI is InChI=1S/C26H44N2O6S2/c1-4-5-6-7-8-9-10-11-12-13-14-15-16-17-22-35(31,32)27-36(33,34)26-20-18-25(19-21-26)28(23(2)29)24(3)30/h18-21,27H,4-17,22H2,1-3H3. The first-order chi connectivity index (χ1) is 17.0. The first-order valence-corrected chi connectivity index (χ1v) is 16.3. The summed E-state index contributed by atoms with van der Waals surface area (Å²) in [5, 5.41) is 0. The molecule has 1 N–H and O–H groups in total. The van der Waals surface area contributed by atoms with Gasteiger partial charge in [-0.15, -0.1) is 4.13 Å². The quantitative estimate of drug-likeness (QED) is 0.224. The molecular weight excluding hydrogens is 500 g/mol. The third-order valence-corrected chi connectivity index (χ3v) is 9.65. The lowest BCUT2D eigenvalue weighted by Crippen LogP contribution is -2.34. The lowest BCUT2D eigenvalue weighted by Gasteiger charge is -2.17. The van der Waals surface area contributed by atoms with Crippen molar-refractivity contribution in [3.63, 3.8) is 0 Å². The molecule has 36 heavy (non-hydrogen) atoms. The maximum absolute atomic E-state index is 12.5. The number of sulfonamides is 2. The Morgan fingerprint density at radius 3 is 1.44 bits per heavy atom. The fraction of sp³-hybridized carbons (Fsp3) is 0.692. The van der Waals surface area contributed by atoms with Gasteiger partial charge in [-0.3, -0.25) is 14.5 Å². The molecule has 0 atom stereocenters. The highest BCUT2D eigenvalue weighted by Crippen LogP contribution is 2.19. The minimum atomic E-state index is -4.30. The molecule has 0 radical (unpaired) electrons. The van der Waals surface area contributed by atoms with E-state index >= 15 is 0 Å². The zero-order valence-electron chi connectivity index (χ0n) is 22.1. The minimum absolute atomic E-state index is 0.208. The van der Waals surface area contributed by atoms with Crippen LogP contribution >= 0.6 is 0 Å². The zero-order chi connectivity index (χ0) is 27.0. The van der Waals surface area contributed by atoms with Crippen molar-refractivity contribution in [2.75, 3.05) is 10.7 Å². The van der Waals surface area contributed by atoms with Crippen LogP contribution < -0.4 is 9.03 Å². The summed E-state index contributed by atoms with van der Waals surface area (Å²) >= 11 is 0. The summed E-state index contributed by atoms with van der Waals surface area (Å²) in [6.45, 7) is 4.67. The molecule has 0 unspecified atom stereocenters. The highest BCUT2D eigenvalue weighted by Gasteiger charge is 2.23. The van der Waals surface area contributed by atoms with Gasteiger partial charge in [-0.2, -0.15) is 0 Å². The van der Waals surface area contributed by atoms with Crippen LogP contribution in [0.2, 0.25) is 0 Å². The molecule has 0 aliphatic heterocycles. The molecule has 1 aromatic carbocycles. The fourth-order valence-electron chi connectivity index (χ4n) is 4.10. The fourth-order valence-corrected chi connectivity index (χ4v) is 7.24. The van der Waals surface area contributed by atoms with E-state index in [0.717, 1.165) is 30.6 Å². The number of carbonyl (C=O) groups is 2. The summed E-state index contributed by atoms with van der Waals surface area (Å²) in [5.41, 5.74) is 0.208. The number of anilines is 1. The summed E-state index contributed by atoms with van der Waals surface area (Å²) < 4.78 is 51.4. The Labute approximate surface area is 218 Å². The van der Waals surface area contributed by atoms with Crippen molar-refractivity contribution in [1.29, 1.82) is 0 Å². The summed E-state index contributed by atoms with van der Waals surface area (Å²) in [6.07, 6.45) is 16.0. The molecule has 1 rings (SSSR count). The van der Waals surface area contributed by atoms with Gasteiger partial charge in [0.1, 0.15) is 0 Å². The molecule has 1 aromatic rings. The van der Waals surface area contributed by atoms with Crippen molar-refractivity contribution < 1.29 is 26.4 Å². The van der Waals surface area contributed by atoms with Crippen molar-refractivity contribution in [2.45, 2.75) is 116 Å². The summed E-state index contributed by atoms with van der Waals surface area (Å²) in [5.74, 6) is -1.27. The molecule has 0 fully saturated rings. The lowest BCUT2D eigenvalue weighted by molar-refractivity contribution is -0.124. The van der Waals surface area contributed by atoms with Crippen molar-refractivity contribution in [3.8, 4) is 0 Å². The van der Waals surface area contributed by atoms with Crippen molar-refractivity contribution in [2.24, 2.45) is 0 Å². The SMILES string of the molecule is CCCCCCCCCCCCCCCCS(=O)(=O)NS(=O)(=O)c1ccc(N(C(C)=O)C(C)=O)cc1. The van der Waals surface area contributed by atoms with E-state index < -0.39 is 31.9 Å². The second-order valence-corrected chi connectivity index (χ2v) is 13.2. The molecule has 0 bridgehead atoms. The van der Waals surface area contributed by atoms with Gasteiger partial charge in [-0.05, 0) is 30.7 Å². The first-order valence-electron chi connectivity index (χ1n) is 13.2. The highest BCUT2D eigenvalue weighted by atomic mass is 32.3. The van der Waals surface area contributed by atoms with Gasteiger partial charge in [-0.1, -0.05) is 90.4 Å². The monoisotopic (exact) mass is 544 g/mol. The third kappa shape index (κ3) is 13.0. The van der Waals surface area contributed by atoms with E-state index in [0.29, 0.717) is 6.42 Å². The van der Waals surface area contributed by atoms with Gasteiger partial charge < -0.3 is 0 Å². The molecule has 0 aromatic heterocycles. The van der Waals surface area contributed by atoms with Crippen molar-refractivity contribution >= 4 is 37.5 Å². The van der Waals surface area contributed by atoms with Crippen LogP contribution in [0.1, 0.15) is 111 Å². The lowest BCUT2D eigenvalue weighted by atomic mass is 10.0. The molecule has 8 nitrogen and oxygen atoms in total. The Bertz CT molecular complexity index is 991. The molecule has 0 heterocycles. The molecule has 0 saturated carbocycles. The number of unbranched alkanes of at least 4 members (excludes halogenated alkanes) is 13. The number of hydrogen-bond acceptors (Lipinski definition) is 6. The number of nitrogens with zero attached hydrogens (tertiary/aromatic N) is 1. The number of hydrogen-bond donors (Lipinski definition) is 1. The number of carbonyl (C=O) groups excluding carboxylic acids is 2. The molecule has 0 aliphatic carbocycles. The Hall–Kier alpha value is -1.78. The van der Waals surface area contributed by atoms with Gasteiger partial charge in [0.05, 0.1) is 16.3 Å². The summed E-state index contributed by atoms with van der Waals surface area (Å²) in [7, 11) is -8.31. The molecule has 2 amide bonds. The molecule has 0 saturated heterocycles. The Morgan fingerprint density at radius 1 is 0.667 bits per heavy atom. The van der Waals surface area contributed by atoms with Crippen LogP contribution in [0.25, 0.3) is 0 Å². The molecule has 0 spiro atoms. The van der Waals surface area contributed by atoms with Gasteiger partial charge in [0.15, 0.2) is 0 Å². The summed E-state index contributed by atoms with van der Waals surface area (Å²) in [6, 6.07) is 4.91. The second-order valence-electron chi connectivity index (χ2n) is 9.37. The minimum Gasteiger partial charge on any atom is -0.274 e. The number of amides is 2. The Kier molecular flexibility index (Phi) is 15.1. The van der Waals surface area contributed by atoms with Crippen LogP contribution in [-0.4, -0.2) is 34.4 Å². The number of nitrogens with one attached hydrogen (secondary N) is 1. The van der Waals surface area contributed by atoms with E-state index in [4.69, 9.17) is 0 Å². The maximum Gasteiger partial charge on any atom is 0.253 e. The van der Waals surface area contributed by atoms with Gasteiger partial charge in [0.25, 0.3) is 10.0 Å². The van der Waals surface area contributed by atoms with Crippen molar-refractivity contribution in [1.82, 2.24) is 4.13 Å². The van der Waals surface area contributed by atoms with E-state index in [1.165, 1.54) is 95.9 Å².